The molecule has 4 nitrogen and oxygen atoms in total. The molecule has 28 heavy (non-hydrogen) atoms. The van der Waals surface area contributed by atoms with Crippen LogP contribution in [0.15, 0.2) is 54.7 Å². The Bertz CT molecular complexity index is 1020. The van der Waals surface area contributed by atoms with Gasteiger partial charge >= 0.3 is 5.97 Å². The number of aromatic nitrogens is 1. The smallest absolute Gasteiger partial charge is 0.330 e. The van der Waals surface area contributed by atoms with Gasteiger partial charge in [-0.25, -0.2) is 4.79 Å². The molecule has 1 aliphatic rings. The van der Waals surface area contributed by atoms with Gasteiger partial charge in [-0.1, -0.05) is 36.4 Å². The molecule has 3 aromatic rings. The number of likely N-dealkylation sites (N-methyl/N-ethyl adjacent to an activating group) is 1. The molecule has 0 saturated heterocycles. The molecule has 0 bridgehead atoms. The van der Waals surface area contributed by atoms with Gasteiger partial charge in [0.2, 0.25) is 0 Å². The molecule has 1 N–H and O–H groups in total. The van der Waals surface area contributed by atoms with E-state index in [9.17, 15) is 4.79 Å². The summed E-state index contributed by atoms with van der Waals surface area (Å²) >= 11 is 0. The molecule has 4 rings (SSSR count). The first kappa shape index (κ1) is 18.5. The zero-order valence-electron chi connectivity index (χ0n) is 16.4. The van der Waals surface area contributed by atoms with E-state index in [1.165, 1.54) is 40.8 Å². The Kier molecular flexibility index (Phi) is 5.31. The maximum atomic E-state index is 11.3. The van der Waals surface area contributed by atoms with E-state index >= 15 is 0 Å². The summed E-state index contributed by atoms with van der Waals surface area (Å²) in [6.07, 6.45) is 8.69. The van der Waals surface area contributed by atoms with Crippen molar-refractivity contribution in [1.29, 1.82) is 0 Å². The van der Waals surface area contributed by atoms with Crippen LogP contribution in [0.3, 0.4) is 0 Å². The van der Waals surface area contributed by atoms with Crippen molar-refractivity contribution in [3.63, 3.8) is 0 Å². The number of para-hydroxylation sites is 1. The summed E-state index contributed by atoms with van der Waals surface area (Å²) in [4.78, 5) is 17.1. The number of rotatable bonds is 6. The summed E-state index contributed by atoms with van der Waals surface area (Å²) < 4.78 is 4.66. The van der Waals surface area contributed by atoms with Gasteiger partial charge in [-0.2, -0.15) is 0 Å². The van der Waals surface area contributed by atoms with Crippen LogP contribution in [0.5, 0.6) is 0 Å². The molecule has 4 heteroatoms. The van der Waals surface area contributed by atoms with Crippen molar-refractivity contribution in [2.75, 3.05) is 20.7 Å². The molecule has 0 fully saturated rings. The van der Waals surface area contributed by atoms with Gasteiger partial charge in [0.25, 0.3) is 0 Å². The largest absolute Gasteiger partial charge is 0.466 e. The van der Waals surface area contributed by atoms with Crippen LogP contribution in [-0.2, 0) is 22.4 Å². The van der Waals surface area contributed by atoms with Gasteiger partial charge in [-0.15, -0.1) is 0 Å². The van der Waals surface area contributed by atoms with E-state index in [2.05, 4.69) is 70.3 Å². The Balaban J connectivity index is 1.43. The third kappa shape index (κ3) is 3.73. The van der Waals surface area contributed by atoms with Gasteiger partial charge in [0.15, 0.2) is 0 Å². The number of carbonyl (C=O) groups is 1. The van der Waals surface area contributed by atoms with Gasteiger partial charge < -0.3 is 9.72 Å². The second-order valence-electron chi connectivity index (χ2n) is 7.46. The van der Waals surface area contributed by atoms with Gasteiger partial charge in [0, 0.05) is 35.8 Å². The fourth-order valence-corrected chi connectivity index (χ4v) is 4.20. The fraction of sp³-hybridized carbons (Fsp3) is 0.292. The number of aryl methyl sites for hydroxylation is 1. The number of hydrogen-bond acceptors (Lipinski definition) is 3. The van der Waals surface area contributed by atoms with Crippen LogP contribution in [0.2, 0.25) is 0 Å². The standard InChI is InChI=1S/C24H26N2O2/c1-26(14-13-19-16-25-22-6-4-3-5-20(19)22)23-11-9-18-15-17(7-10-21(18)23)8-12-24(27)28-2/h3-8,10,12,15-16,23,25H,9,11,13-14H2,1-2H3/b12-8+. The third-order valence-electron chi connectivity index (χ3n) is 5.77. The Labute approximate surface area is 165 Å². The number of H-pyrrole nitrogens is 1. The highest BCUT2D eigenvalue weighted by Crippen LogP contribution is 2.36. The lowest BCUT2D eigenvalue weighted by Crippen LogP contribution is -2.25. The van der Waals surface area contributed by atoms with Crippen molar-refractivity contribution in [3.8, 4) is 0 Å². The van der Waals surface area contributed by atoms with Crippen LogP contribution in [0.4, 0.5) is 0 Å². The second-order valence-corrected chi connectivity index (χ2v) is 7.46. The highest BCUT2D eigenvalue weighted by atomic mass is 16.5. The molecule has 0 amide bonds. The summed E-state index contributed by atoms with van der Waals surface area (Å²) in [7, 11) is 3.62. The number of benzene rings is 2. The molecule has 1 unspecified atom stereocenters. The number of aromatic amines is 1. The maximum absolute atomic E-state index is 11.3. The number of hydrogen-bond donors (Lipinski definition) is 1. The Morgan fingerprint density at radius 3 is 3.00 bits per heavy atom. The Hall–Kier alpha value is -2.85. The quantitative estimate of drug-likeness (QED) is 0.510. The molecule has 0 spiro atoms. The first-order chi connectivity index (χ1) is 13.7. The zero-order chi connectivity index (χ0) is 19.5. The SMILES string of the molecule is COC(=O)/C=C/c1ccc2c(c1)CCC2N(C)CCc1c[nH]c2ccccc12. The lowest BCUT2D eigenvalue weighted by Gasteiger charge is -2.25. The van der Waals surface area contributed by atoms with Crippen LogP contribution >= 0.6 is 0 Å². The average Bonchev–Trinajstić information content (AvgIpc) is 3.34. The van der Waals surface area contributed by atoms with Gasteiger partial charge in [-0.3, -0.25) is 4.90 Å². The number of methoxy groups -OCH3 is 1. The number of nitrogens with one attached hydrogen (secondary N) is 1. The van der Waals surface area contributed by atoms with Crippen molar-refractivity contribution in [1.82, 2.24) is 9.88 Å². The van der Waals surface area contributed by atoms with E-state index in [1.807, 2.05) is 6.08 Å². The maximum Gasteiger partial charge on any atom is 0.330 e. The van der Waals surface area contributed by atoms with E-state index in [0.717, 1.165) is 31.4 Å². The van der Waals surface area contributed by atoms with Gasteiger partial charge in [0.05, 0.1) is 7.11 Å². The summed E-state index contributed by atoms with van der Waals surface area (Å²) in [6.45, 7) is 1.02. The van der Waals surface area contributed by atoms with E-state index in [4.69, 9.17) is 0 Å². The minimum absolute atomic E-state index is 0.324. The zero-order valence-corrected chi connectivity index (χ0v) is 16.4. The number of esters is 1. The van der Waals surface area contributed by atoms with Crippen molar-refractivity contribution in [2.24, 2.45) is 0 Å². The number of ether oxygens (including phenoxy) is 1. The van der Waals surface area contributed by atoms with Crippen LogP contribution in [0, 0.1) is 0 Å². The van der Waals surface area contributed by atoms with E-state index in [1.54, 1.807) is 0 Å². The highest BCUT2D eigenvalue weighted by Gasteiger charge is 2.25. The number of nitrogens with zero attached hydrogens (tertiary/aromatic N) is 1. The lowest BCUT2D eigenvalue weighted by molar-refractivity contribution is -0.134. The molecule has 1 heterocycles. The molecular formula is C24H26N2O2. The molecular weight excluding hydrogens is 348 g/mol. The molecule has 0 saturated carbocycles. The second kappa shape index (κ2) is 8.03. The normalized spacial score (nSPS) is 16.2. The van der Waals surface area contributed by atoms with Crippen molar-refractivity contribution < 1.29 is 9.53 Å². The first-order valence-corrected chi connectivity index (χ1v) is 9.80. The fourth-order valence-electron chi connectivity index (χ4n) is 4.20. The van der Waals surface area contributed by atoms with Gasteiger partial charge in [-0.05, 0) is 60.7 Å². The molecule has 0 radical (unpaired) electrons. The van der Waals surface area contributed by atoms with E-state index < -0.39 is 0 Å². The topological polar surface area (TPSA) is 45.3 Å². The van der Waals surface area contributed by atoms with Crippen molar-refractivity contribution >= 4 is 22.9 Å². The summed E-state index contributed by atoms with van der Waals surface area (Å²) in [5.74, 6) is -0.324. The van der Waals surface area contributed by atoms with Crippen molar-refractivity contribution in [3.05, 3.63) is 77.0 Å². The predicted octanol–water partition coefficient (Wildman–Crippen LogP) is 4.52. The Morgan fingerprint density at radius 2 is 2.14 bits per heavy atom. The third-order valence-corrected chi connectivity index (χ3v) is 5.77. The summed E-state index contributed by atoms with van der Waals surface area (Å²) in [6, 6.07) is 15.4. The molecule has 0 aliphatic heterocycles. The average molecular weight is 374 g/mol. The monoisotopic (exact) mass is 374 g/mol. The molecule has 1 atom stereocenters. The predicted molar refractivity (Wildman–Crippen MR) is 113 cm³/mol. The number of carbonyl (C=O) groups excluding carboxylic acids is 1. The Morgan fingerprint density at radius 1 is 1.29 bits per heavy atom. The van der Waals surface area contributed by atoms with Crippen LogP contribution in [0.25, 0.3) is 17.0 Å². The molecule has 2 aromatic carbocycles. The van der Waals surface area contributed by atoms with Gasteiger partial charge in [0.1, 0.15) is 0 Å². The summed E-state index contributed by atoms with van der Waals surface area (Å²) in [5.41, 5.74) is 6.43. The van der Waals surface area contributed by atoms with Crippen molar-refractivity contribution in [2.45, 2.75) is 25.3 Å². The highest BCUT2D eigenvalue weighted by molar-refractivity contribution is 5.87. The first-order valence-electron chi connectivity index (χ1n) is 9.80. The molecule has 1 aromatic heterocycles. The number of fused-ring (bicyclic) bond motifs is 2. The minimum Gasteiger partial charge on any atom is -0.466 e. The van der Waals surface area contributed by atoms with Crippen LogP contribution < -0.4 is 0 Å². The minimum atomic E-state index is -0.324. The van der Waals surface area contributed by atoms with Crippen LogP contribution in [-0.4, -0.2) is 36.6 Å². The summed E-state index contributed by atoms with van der Waals surface area (Å²) in [5, 5.41) is 1.32. The van der Waals surface area contributed by atoms with Crippen LogP contribution in [0.1, 0.15) is 34.7 Å². The molecule has 144 valence electrons. The van der Waals surface area contributed by atoms with E-state index in [-0.39, 0.29) is 5.97 Å². The lowest BCUT2D eigenvalue weighted by atomic mass is 10.0. The molecule has 1 aliphatic carbocycles. The van der Waals surface area contributed by atoms with E-state index in [0.29, 0.717) is 6.04 Å².